The van der Waals surface area contributed by atoms with Gasteiger partial charge in [0.15, 0.2) is 0 Å². The highest BCUT2D eigenvalue weighted by atomic mass is 16.5. The Kier molecular flexibility index (Phi) is 4.34. The first kappa shape index (κ1) is 12.3. The molecule has 1 unspecified atom stereocenters. The van der Waals surface area contributed by atoms with Crippen molar-refractivity contribution >= 4 is 5.82 Å². The van der Waals surface area contributed by atoms with Crippen molar-refractivity contribution in [3.05, 3.63) is 23.9 Å². The fourth-order valence-electron chi connectivity index (χ4n) is 2.40. The first-order valence-electron chi connectivity index (χ1n) is 6.23. The number of hydrogen-bond acceptors (Lipinski definition) is 4. The van der Waals surface area contributed by atoms with Crippen molar-refractivity contribution in [1.82, 2.24) is 4.98 Å². The van der Waals surface area contributed by atoms with E-state index < -0.39 is 0 Å². The minimum atomic E-state index is 0.503. The Hall–Kier alpha value is -1.13. The van der Waals surface area contributed by atoms with E-state index in [1.165, 1.54) is 12.8 Å². The maximum absolute atomic E-state index is 5.62. The molecule has 1 saturated heterocycles. The number of ether oxygens (including phenoxy) is 1. The summed E-state index contributed by atoms with van der Waals surface area (Å²) in [5.41, 5.74) is 6.58. The summed E-state index contributed by atoms with van der Waals surface area (Å²) in [4.78, 5) is 6.91. The van der Waals surface area contributed by atoms with E-state index >= 15 is 0 Å². The molecule has 4 nitrogen and oxygen atoms in total. The highest BCUT2D eigenvalue weighted by Gasteiger charge is 2.20. The molecule has 1 aliphatic heterocycles. The molecule has 1 aromatic rings. The second-order valence-corrected chi connectivity index (χ2v) is 4.60. The molecule has 0 aliphatic carbocycles. The van der Waals surface area contributed by atoms with Gasteiger partial charge in [-0.05, 0) is 30.9 Å². The van der Waals surface area contributed by atoms with Crippen molar-refractivity contribution in [3.63, 3.8) is 0 Å². The standard InChI is InChI=1S/C13H21N3O/c1-17-10-11-4-3-7-16(9-11)13-6-2-5-12(8-14)15-13/h2,5-6,11H,3-4,7-10,14H2,1H3. The third-order valence-corrected chi connectivity index (χ3v) is 3.25. The fourth-order valence-corrected chi connectivity index (χ4v) is 2.40. The van der Waals surface area contributed by atoms with Crippen LogP contribution in [0.3, 0.4) is 0 Å². The van der Waals surface area contributed by atoms with E-state index in [4.69, 9.17) is 10.5 Å². The second-order valence-electron chi connectivity index (χ2n) is 4.60. The van der Waals surface area contributed by atoms with Gasteiger partial charge in [-0.1, -0.05) is 6.07 Å². The number of anilines is 1. The van der Waals surface area contributed by atoms with Crippen LogP contribution in [0.15, 0.2) is 18.2 Å². The second kappa shape index (κ2) is 5.98. The molecule has 2 N–H and O–H groups in total. The van der Waals surface area contributed by atoms with Gasteiger partial charge in [0, 0.05) is 26.7 Å². The summed E-state index contributed by atoms with van der Waals surface area (Å²) in [6, 6.07) is 6.07. The van der Waals surface area contributed by atoms with E-state index in [2.05, 4.69) is 16.0 Å². The van der Waals surface area contributed by atoms with Gasteiger partial charge in [0.2, 0.25) is 0 Å². The van der Waals surface area contributed by atoms with Gasteiger partial charge in [0.25, 0.3) is 0 Å². The zero-order valence-corrected chi connectivity index (χ0v) is 10.4. The smallest absolute Gasteiger partial charge is 0.128 e. The zero-order valence-electron chi connectivity index (χ0n) is 10.4. The zero-order chi connectivity index (χ0) is 12.1. The Morgan fingerprint density at radius 3 is 3.18 bits per heavy atom. The third kappa shape index (κ3) is 3.17. The molecular weight excluding hydrogens is 214 g/mol. The molecule has 0 amide bonds. The van der Waals surface area contributed by atoms with Gasteiger partial charge in [-0.15, -0.1) is 0 Å². The number of hydrogen-bond donors (Lipinski definition) is 1. The lowest BCUT2D eigenvalue weighted by Crippen LogP contribution is -2.37. The number of pyridine rings is 1. The Balaban J connectivity index is 2.05. The van der Waals surface area contributed by atoms with Gasteiger partial charge < -0.3 is 15.4 Å². The molecule has 2 heterocycles. The largest absolute Gasteiger partial charge is 0.384 e. The number of rotatable bonds is 4. The molecule has 0 radical (unpaired) electrons. The average molecular weight is 235 g/mol. The van der Waals surface area contributed by atoms with Crippen LogP contribution in [0.2, 0.25) is 0 Å². The van der Waals surface area contributed by atoms with Crippen LogP contribution in [0.5, 0.6) is 0 Å². The Bertz CT molecular complexity index is 354. The van der Waals surface area contributed by atoms with Crippen LogP contribution in [-0.2, 0) is 11.3 Å². The summed E-state index contributed by atoms with van der Waals surface area (Å²) in [6.07, 6.45) is 2.46. The van der Waals surface area contributed by atoms with Crippen LogP contribution in [-0.4, -0.2) is 31.8 Å². The Labute approximate surface area is 103 Å². The number of methoxy groups -OCH3 is 1. The molecule has 4 heteroatoms. The fraction of sp³-hybridized carbons (Fsp3) is 0.615. The molecule has 2 rings (SSSR count). The molecule has 1 fully saturated rings. The number of nitrogens with two attached hydrogens (primary N) is 1. The van der Waals surface area contributed by atoms with Gasteiger partial charge >= 0.3 is 0 Å². The Morgan fingerprint density at radius 2 is 2.41 bits per heavy atom. The average Bonchev–Trinajstić information content (AvgIpc) is 2.40. The lowest BCUT2D eigenvalue weighted by Gasteiger charge is -2.33. The van der Waals surface area contributed by atoms with E-state index in [1.807, 2.05) is 12.1 Å². The van der Waals surface area contributed by atoms with Crippen molar-refractivity contribution in [3.8, 4) is 0 Å². The highest BCUT2D eigenvalue weighted by molar-refractivity contribution is 5.39. The summed E-state index contributed by atoms with van der Waals surface area (Å²) < 4.78 is 5.24. The van der Waals surface area contributed by atoms with Gasteiger partial charge in [-0.25, -0.2) is 4.98 Å². The normalized spacial score (nSPS) is 20.6. The molecule has 0 bridgehead atoms. The minimum absolute atomic E-state index is 0.503. The maximum Gasteiger partial charge on any atom is 0.128 e. The van der Waals surface area contributed by atoms with Crippen LogP contribution in [0, 0.1) is 5.92 Å². The van der Waals surface area contributed by atoms with Crippen molar-refractivity contribution in [1.29, 1.82) is 0 Å². The molecule has 1 aliphatic rings. The lowest BCUT2D eigenvalue weighted by atomic mass is 9.99. The molecule has 1 aromatic heterocycles. The van der Waals surface area contributed by atoms with E-state index in [0.29, 0.717) is 12.5 Å². The van der Waals surface area contributed by atoms with Crippen molar-refractivity contribution in [2.75, 3.05) is 31.7 Å². The van der Waals surface area contributed by atoms with E-state index in [-0.39, 0.29) is 0 Å². The highest BCUT2D eigenvalue weighted by Crippen LogP contribution is 2.21. The quantitative estimate of drug-likeness (QED) is 0.857. The Morgan fingerprint density at radius 1 is 1.53 bits per heavy atom. The van der Waals surface area contributed by atoms with Crippen LogP contribution in [0.25, 0.3) is 0 Å². The van der Waals surface area contributed by atoms with E-state index in [1.54, 1.807) is 7.11 Å². The lowest BCUT2D eigenvalue weighted by molar-refractivity contribution is 0.143. The predicted octanol–water partition coefficient (Wildman–Crippen LogP) is 1.40. The summed E-state index contributed by atoms with van der Waals surface area (Å²) in [5.74, 6) is 1.67. The van der Waals surface area contributed by atoms with Gasteiger partial charge in [-0.3, -0.25) is 0 Å². The van der Waals surface area contributed by atoms with E-state index in [9.17, 15) is 0 Å². The minimum Gasteiger partial charge on any atom is -0.384 e. The summed E-state index contributed by atoms with van der Waals surface area (Å²) in [7, 11) is 1.77. The third-order valence-electron chi connectivity index (χ3n) is 3.25. The molecule has 0 aromatic carbocycles. The monoisotopic (exact) mass is 235 g/mol. The van der Waals surface area contributed by atoms with Crippen molar-refractivity contribution < 1.29 is 4.74 Å². The summed E-state index contributed by atoms with van der Waals surface area (Å²) >= 11 is 0. The first-order chi connectivity index (χ1) is 8.33. The molecular formula is C13H21N3O. The predicted molar refractivity (Wildman–Crippen MR) is 68.9 cm³/mol. The van der Waals surface area contributed by atoms with Crippen LogP contribution < -0.4 is 10.6 Å². The van der Waals surface area contributed by atoms with Crippen LogP contribution in [0.1, 0.15) is 18.5 Å². The SMILES string of the molecule is COCC1CCCN(c2cccc(CN)n2)C1. The molecule has 0 saturated carbocycles. The molecule has 17 heavy (non-hydrogen) atoms. The maximum atomic E-state index is 5.62. The van der Waals surface area contributed by atoms with Crippen LogP contribution >= 0.6 is 0 Å². The molecule has 0 spiro atoms. The van der Waals surface area contributed by atoms with Gasteiger partial charge in [0.1, 0.15) is 5.82 Å². The molecule has 94 valence electrons. The van der Waals surface area contributed by atoms with Gasteiger partial charge in [-0.2, -0.15) is 0 Å². The topological polar surface area (TPSA) is 51.4 Å². The van der Waals surface area contributed by atoms with Crippen molar-refractivity contribution in [2.24, 2.45) is 11.7 Å². The first-order valence-corrected chi connectivity index (χ1v) is 6.23. The van der Waals surface area contributed by atoms with E-state index in [0.717, 1.165) is 31.2 Å². The number of nitrogens with zero attached hydrogens (tertiary/aromatic N) is 2. The molecule has 1 atom stereocenters. The van der Waals surface area contributed by atoms with Crippen LogP contribution in [0.4, 0.5) is 5.82 Å². The van der Waals surface area contributed by atoms with Gasteiger partial charge in [0.05, 0.1) is 12.3 Å². The number of piperidine rings is 1. The summed E-state index contributed by atoms with van der Waals surface area (Å²) in [5, 5.41) is 0. The summed E-state index contributed by atoms with van der Waals surface area (Å²) in [6.45, 7) is 3.46. The van der Waals surface area contributed by atoms with Crippen molar-refractivity contribution in [2.45, 2.75) is 19.4 Å². The number of aromatic nitrogens is 1.